The van der Waals surface area contributed by atoms with Gasteiger partial charge in [-0.1, -0.05) is 12.2 Å². The summed E-state index contributed by atoms with van der Waals surface area (Å²) in [4.78, 5) is 15.1. The van der Waals surface area contributed by atoms with Crippen LogP contribution in [-0.4, -0.2) is 33.2 Å². The summed E-state index contributed by atoms with van der Waals surface area (Å²) < 4.78 is 2.08. The minimum Gasteiger partial charge on any atom is -0.338 e. The Morgan fingerprint density at radius 3 is 2.82 bits per heavy atom. The van der Waals surface area contributed by atoms with Crippen LogP contribution in [0.25, 0.3) is 0 Å². The molecule has 0 radical (unpaired) electrons. The van der Waals surface area contributed by atoms with E-state index >= 15 is 0 Å². The normalized spacial score (nSPS) is 25.5. The Balaban J connectivity index is 1.71. The molecule has 1 saturated heterocycles. The predicted molar refractivity (Wildman–Crippen MR) is 87.5 cm³/mol. The lowest BCUT2D eigenvalue weighted by molar-refractivity contribution is -0.140. The molecule has 4 nitrogen and oxygen atoms in total. The van der Waals surface area contributed by atoms with E-state index in [0.29, 0.717) is 11.9 Å². The number of allylic oxidation sites excluding steroid dienone is 2. The molecule has 1 aliphatic heterocycles. The highest BCUT2D eigenvalue weighted by Gasteiger charge is 2.31. The van der Waals surface area contributed by atoms with Crippen molar-refractivity contribution < 1.29 is 4.79 Å². The van der Waals surface area contributed by atoms with Crippen LogP contribution in [-0.2, 0) is 11.3 Å². The second-order valence-electron chi connectivity index (χ2n) is 6.77. The fraction of sp³-hybridized carbons (Fsp3) is 0.667. The Kier molecular flexibility index (Phi) is 4.65. The van der Waals surface area contributed by atoms with E-state index < -0.39 is 0 Å². The predicted octanol–water partition coefficient (Wildman–Crippen LogP) is 3.24. The number of amides is 1. The molecule has 120 valence electrons. The summed E-state index contributed by atoms with van der Waals surface area (Å²) in [5, 5.41) is 4.58. The van der Waals surface area contributed by atoms with Gasteiger partial charge in [-0.25, -0.2) is 0 Å². The Morgan fingerprint density at radius 2 is 2.14 bits per heavy atom. The molecule has 2 heterocycles. The Morgan fingerprint density at radius 1 is 1.27 bits per heavy atom. The molecule has 22 heavy (non-hydrogen) atoms. The lowest BCUT2D eigenvalue weighted by atomic mass is 9.91. The first kappa shape index (κ1) is 15.3. The minimum absolute atomic E-state index is 0.200. The molecule has 1 fully saturated rings. The van der Waals surface area contributed by atoms with Crippen molar-refractivity contribution in [2.24, 2.45) is 5.92 Å². The standard InChI is InChI=1S/C18H27N3O/c1-14-12-15(2)21(19-14)13-17-10-6-7-11-20(17)18(22)16-8-4-3-5-9-16/h3-4,12,16-17H,5-11,13H2,1-2H3/t16-,17+/m1/s1. The van der Waals surface area contributed by atoms with Crippen LogP contribution in [0.1, 0.15) is 49.9 Å². The number of hydrogen-bond acceptors (Lipinski definition) is 2. The lowest BCUT2D eigenvalue weighted by Crippen LogP contribution is -2.48. The molecule has 1 aromatic heterocycles. The lowest BCUT2D eigenvalue weighted by Gasteiger charge is -2.38. The maximum Gasteiger partial charge on any atom is 0.226 e. The van der Waals surface area contributed by atoms with Crippen LogP contribution in [0.3, 0.4) is 0 Å². The van der Waals surface area contributed by atoms with Gasteiger partial charge in [0.25, 0.3) is 0 Å². The van der Waals surface area contributed by atoms with E-state index in [1.54, 1.807) is 0 Å². The molecule has 1 aliphatic carbocycles. The van der Waals surface area contributed by atoms with Gasteiger partial charge in [0, 0.05) is 18.2 Å². The third kappa shape index (κ3) is 3.26. The maximum absolute atomic E-state index is 12.9. The monoisotopic (exact) mass is 301 g/mol. The zero-order valence-corrected chi connectivity index (χ0v) is 13.8. The van der Waals surface area contributed by atoms with Crippen LogP contribution in [0.5, 0.6) is 0 Å². The summed E-state index contributed by atoms with van der Waals surface area (Å²) in [6, 6.07) is 2.42. The van der Waals surface area contributed by atoms with Gasteiger partial charge in [-0.15, -0.1) is 0 Å². The van der Waals surface area contributed by atoms with Gasteiger partial charge in [0.1, 0.15) is 0 Å². The van der Waals surface area contributed by atoms with Crippen molar-refractivity contribution in [3.63, 3.8) is 0 Å². The molecule has 0 spiro atoms. The number of carbonyl (C=O) groups excluding carboxylic acids is 1. The number of piperidine rings is 1. The largest absolute Gasteiger partial charge is 0.338 e. The van der Waals surface area contributed by atoms with Crippen LogP contribution in [0.15, 0.2) is 18.2 Å². The summed E-state index contributed by atoms with van der Waals surface area (Å²) in [5.41, 5.74) is 2.25. The molecule has 1 aromatic rings. The highest BCUT2D eigenvalue weighted by atomic mass is 16.2. The summed E-state index contributed by atoms with van der Waals surface area (Å²) in [6.07, 6.45) is 10.8. The second kappa shape index (κ2) is 6.67. The van der Waals surface area contributed by atoms with Gasteiger partial charge in [-0.3, -0.25) is 9.48 Å². The Labute approximate surface area is 133 Å². The SMILES string of the molecule is Cc1cc(C)n(C[C@@H]2CCCCN2C(=O)[C@@H]2CC=CCC2)n1. The summed E-state index contributed by atoms with van der Waals surface area (Å²) in [6.45, 7) is 5.89. The van der Waals surface area contributed by atoms with Crippen molar-refractivity contribution in [2.75, 3.05) is 6.54 Å². The number of likely N-dealkylation sites (tertiary alicyclic amines) is 1. The maximum atomic E-state index is 12.9. The van der Waals surface area contributed by atoms with Crippen molar-refractivity contribution in [1.29, 1.82) is 0 Å². The molecule has 2 aliphatic rings. The van der Waals surface area contributed by atoms with Crippen LogP contribution in [0, 0.1) is 19.8 Å². The molecular formula is C18H27N3O. The Bertz CT molecular complexity index is 561. The number of nitrogens with zero attached hydrogens (tertiary/aromatic N) is 3. The summed E-state index contributed by atoms with van der Waals surface area (Å²) in [7, 11) is 0. The fourth-order valence-corrected chi connectivity index (χ4v) is 3.79. The van der Waals surface area contributed by atoms with Gasteiger partial charge in [0.15, 0.2) is 0 Å². The zero-order valence-electron chi connectivity index (χ0n) is 13.8. The van der Waals surface area contributed by atoms with E-state index in [-0.39, 0.29) is 5.92 Å². The molecule has 0 bridgehead atoms. The van der Waals surface area contributed by atoms with Crippen molar-refractivity contribution in [1.82, 2.24) is 14.7 Å². The first-order valence-corrected chi connectivity index (χ1v) is 8.61. The van der Waals surface area contributed by atoms with Gasteiger partial charge in [0.05, 0.1) is 18.3 Å². The van der Waals surface area contributed by atoms with Crippen LogP contribution >= 0.6 is 0 Å². The van der Waals surface area contributed by atoms with Gasteiger partial charge < -0.3 is 4.90 Å². The van der Waals surface area contributed by atoms with Gasteiger partial charge in [-0.2, -0.15) is 5.10 Å². The molecule has 2 atom stereocenters. The zero-order chi connectivity index (χ0) is 15.5. The van der Waals surface area contributed by atoms with Crippen molar-refractivity contribution >= 4 is 5.91 Å². The van der Waals surface area contributed by atoms with E-state index in [1.807, 2.05) is 6.92 Å². The average molecular weight is 301 g/mol. The van der Waals surface area contributed by atoms with E-state index in [9.17, 15) is 4.79 Å². The number of aromatic nitrogens is 2. The van der Waals surface area contributed by atoms with E-state index in [0.717, 1.165) is 50.9 Å². The topological polar surface area (TPSA) is 38.1 Å². The second-order valence-corrected chi connectivity index (χ2v) is 6.77. The fourth-order valence-electron chi connectivity index (χ4n) is 3.79. The van der Waals surface area contributed by atoms with Crippen LogP contribution in [0.4, 0.5) is 0 Å². The molecule has 3 rings (SSSR count). The smallest absolute Gasteiger partial charge is 0.226 e. The molecule has 0 N–H and O–H groups in total. The van der Waals surface area contributed by atoms with E-state index in [1.165, 1.54) is 12.1 Å². The highest BCUT2D eigenvalue weighted by Crippen LogP contribution is 2.26. The molecule has 4 heteroatoms. The molecule has 0 aromatic carbocycles. The third-order valence-electron chi connectivity index (χ3n) is 5.02. The first-order chi connectivity index (χ1) is 10.6. The van der Waals surface area contributed by atoms with Crippen LogP contribution < -0.4 is 0 Å². The quantitative estimate of drug-likeness (QED) is 0.804. The molecule has 0 unspecified atom stereocenters. The molecule has 0 saturated carbocycles. The molecular weight excluding hydrogens is 274 g/mol. The van der Waals surface area contributed by atoms with Gasteiger partial charge in [-0.05, 0) is 58.4 Å². The van der Waals surface area contributed by atoms with Crippen LogP contribution in [0.2, 0.25) is 0 Å². The number of rotatable bonds is 3. The summed E-state index contributed by atoms with van der Waals surface area (Å²) in [5.74, 6) is 0.571. The summed E-state index contributed by atoms with van der Waals surface area (Å²) >= 11 is 0. The van der Waals surface area contributed by atoms with Gasteiger partial charge >= 0.3 is 0 Å². The van der Waals surface area contributed by atoms with Crippen molar-refractivity contribution in [3.05, 3.63) is 29.6 Å². The van der Waals surface area contributed by atoms with E-state index in [4.69, 9.17) is 0 Å². The number of hydrogen-bond donors (Lipinski definition) is 0. The average Bonchev–Trinajstić information content (AvgIpc) is 2.86. The number of carbonyl (C=O) groups is 1. The van der Waals surface area contributed by atoms with Gasteiger partial charge in [0.2, 0.25) is 5.91 Å². The first-order valence-electron chi connectivity index (χ1n) is 8.61. The van der Waals surface area contributed by atoms with Crippen molar-refractivity contribution in [2.45, 2.75) is 65.0 Å². The number of aryl methyl sites for hydroxylation is 2. The van der Waals surface area contributed by atoms with E-state index in [2.05, 4.69) is 39.8 Å². The molecule has 1 amide bonds. The van der Waals surface area contributed by atoms with Crippen molar-refractivity contribution in [3.8, 4) is 0 Å². The Hall–Kier alpha value is -1.58. The minimum atomic E-state index is 0.200. The third-order valence-corrected chi connectivity index (χ3v) is 5.02. The highest BCUT2D eigenvalue weighted by molar-refractivity contribution is 5.79.